The van der Waals surface area contributed by atoms with Gasteiger partial charge in [-0.1, -0.05) is 0 Å². The fourth-order valence-electron chi connectivity index (χ4n) is 1.40. The lowest BCUT2D eigenvalue weighted by Gasteiger charge is -2.22. The van der Waals surface area contributed by atoms with Crippen molar-refractivity contribution in [1.29, 1.82) is 5.26 Å². The van der Waals surface area contributed by atoms with Gasteiger partial charge in [-0.15, -0.1) is 0 Å². The predicted molar refractivity (Wildman–Crippen MR) is 62.4 cm³/mol. The molecule has 0 aliphatic carbocycles. The Morgan fingerprint density at radius 1 is 1.36 bits per heavy atom. The Bertz CT molecular complexity index is 351. The highest BCUT2D eigenvalue weighted by Gasteiger charge is 2.06. The Morgan fingerprint density at radius 2 is 2.00 bits per heavy atom. The van der Waals surface area contributed by atoms with E-state index in [2.05, 4.69) is 40.7 Å². The molecule has 0 unspecified atom stereocenters. The third kappa shape index (κ3) is 2.27. The van der Waals surface area contributed by atoms with Gasteiger partial charge in [0.1, 0.15) is 0 Å². The molecule has 14 heavy (non-hydrogen) atoms. The smallest absolute Gasteiger partial charge is 0.0992 e. The number of anilines is 1. The minimum absolute atomic E-state index is 0.688. The van der Waals surface area contributed by atoms with Crippen molar-refractivity contribution in [3.8, 4) is 6.07 Å². The lowest BCUT2D eigenvalue weighted by Crippen LogP contribution is -2.22. The Hall–Kier alpha value is -1.01. The van der Waals surface area contributed by atoms with E-state index in [1.807, 2.05) is 18.2 Å². The van der Waals surface area contributed by atoms with E-state index in [9.17, 15) is 0 Å². The van der Waals surface area contributed by atoms with Gasteiger partial charge in [0.05, 0.1) is 17.3 Å². The second-order valence-electron chi connectivity index (χ2n) is 2.95. The van der Waals surface area contributed by atoms with E-state index in [1.165, 1.54) is 0 Å². The summed E-state index contributed by atoms with van der Waals surface area (Å²) >= 11 is 3.48. The van der Waals surface area contributed by atoms with Crippen LogP contribution in [0.4, 0.5) is 5.69 Å². The van der Waals surface area contributed by atoms with Gasteiger partial charge in [-0.2, -0.15) is 5.26 Å². The Labute approximate surface area is 93.3 Å². The van der Waals surface area contributed by atoms with Crippen LogP contribution in [0.2, 0.25) is 0 Å². The highest BCUT2D eigenvalue weighted by molar-refractivity contribution is 9.10. The first kappa shape index (κ1) is 11.1. The van der Waals surface area contributed by atoms with Crippen LogP contribution >= 0.6 is 15.9 Å². The van der Waals surface area contributed by atoms with Crippen LogP contribution in [0.3, 0.4) is 0 Å². The highest BCUT2D eigenvalue weighted by Crippen LogP contribution is 2.26. The number of rotatable bonds is 3. The summed E-state index contributed by atoms with van der Waals surface area (Å²) in [6.45, 7) is 6.18. The zero-order chi connectivity index (χ0) is 10.6. The van der Waals surface area contributed by atoms with E-state index in [-0.39, 0.29) is 0 Å². The second-order valence-corrected chi connectivity index (χ2v) is 3.80. The summed E-state index contributed by atoms with van der Waals surface area (Å²) in [6, 6.07) is 7.80. The summed E-state index contributed by atoms with van der Waals surface area (Å²) < 4.78 is 0.986. The van der Waals surface area contributed by atoms with E-state index in [0.717, 1.165) is 23.2 Å². The number of halogens is 1. The van der Waals surface area contributed by atoms with Gasteiger partial charge in [0.25, 0.3) is 0 Å². The van der Waals surface area contributed by atoms with Crippen molar-refractivity contribution in [3.05, 3.63) is 28.2 Å². The van der Waals surface area contributed by atoms with Crippen LogP contribution in [0.25, 0.3) is 0 Å². The molecule has 0 aliphatic rings. The number of hydrogen-bond donors (Lipinski definition) is 0. The molecule has 0 amide bonds. The quantitative estimate of drug-likeness (QED) is 0.827. The summed E-state index contributed by atoms with van der Waals surface area (Å²) in [7, 11) is 0. The van der Waals surface area contributed by atoms with E-state index in [1.54, 1.807) is 0 Å². The first-order valence-corrected chi connectivity index (χ1v) is 5.46. The largest absolute Gasteiger partial charge is 0.371 e. The second kappa shape index (κ2) is 5.02. The summed E-state index contributed by atoms with van der Waals surface area (Å²) in [5, 5.41) is 8.72. The minimum Gasteiger partial charge on any atom is -0.371 e. The van der Waals surface area contributed by atoms with Crippen molar-refractivity contribution in [1.82, 2.24) is 0 Å². The average Bonchev–Trinajstić information content (AvgIpc) is 2.22. The van der Waals surface area contributed by atoms with E-state index in [0.29, 0.717) is 5.56 Å². The van der Waals surface area contributed by atoms with Crippen LogP contribution in [0.1, 0.15) is 19.4 Å². The number of nitrogens with zero attached hydrogens (tertiary/aromatic N) is 2. The van der Waals surface area contributed by atoms with Gasteiger partial charge in [-0.05, 0) is 48.0 Å². The van der Waals surface area contributed by atoms with E-state index >= 15 is 0 Å². The fourth-order valence-corrected chi connectivity index (χ4v) is 2.03. The van der Waals surface area contributed by atoms with Gasteiger partial charge < -0.3 is 4.90 Å². The van der Waals surface area contributed by atoms with Gasteiger partial charge in [-0.3, -0.25) is 0 Å². The van der Waals surface area contributed by atoms with Crippen LogP contribution in [-0.2, 0) is 0 Å². The molecule has 0 radical (unpaired) electrons. The number of benzene rings is 1. The van der Waals surface area contributed by atoms with E-state index < -0.39 is 0 Å². The molecular formula is C11H13BrN2. The Balaban J connectivity index is 3.05. The lowest BCUT2D eigenvalue weighted by molar-refractivity contribution is 0.863. The predicted octanol–water partition coefficient (Wildman–Crippen LogP) is 3.17. The number of nitriles is 1. The molecule has 0 N–H and O–H groups in total. The van der Waals surface area contributed by atoms with Crippen molar-refractivity contribution in [2.45, 2.75) is 13.8 Å². The summed E-state index contributed by atoms with van der Waals surface area (Å²) in [5.74, 6) is 0. The first-order chi connectivity index (χ1) is 6.72. The van der Waals surface area contributed by atoms with Crippen LogP contribution < -0.4 is 4.90 Å². The third-order valence-corrected chi connectivity index (χ3v) is 2.82. The van der Waals surface area contributed by atoms with Crippen LogP contribution in [-0.4, -0.2) is 13.1 Å². The molecule has 0 saturated heterocycles. The van der Waals surface area contributed by atoms with Crippen molar-refractivity contribution >= 4 is 21.6 Å². The van der Waals surface area contributed by atoms with Crippen molar-refractivity contribution in [3.63, 3.8) is 0 Å². The summed E-state index contributed by atoms with van der Waals surface area (Å²) in [4.78, 5) is 2.24. The standard InChI is InChI=1S/C11H13BrN2/c1-3-14(4-2)11-6-5-9(8-13)7-10(11)12/h5-7H,3-4H2,1-2H3. The maximum Gasteiger partial charge on any atom is 0.0992 e. The lowest BCUT2D eigenvalue weighted by atomic mass is 10.2. The molecule has 0 aliphatic heterocycles. The molecule has 0 aromatic heterocycles. The van der Waals surface area contributed by atoms with Crippen molar-refractivity contribution in [2.75, 3.05) is 18.0 Å². The minimum atomic E-state index is 0.688. The van der Waals surface area contributed by atoms with Crippen molar-refractivity contribution < 1.29 is 0 Å². The van der Waals surface area contributed by atoms with E-state index in [4.69, 9.17) is 5.26 Å². The normalized spacial score (nSPS) is 9.57. The topological polar surface area (TPSA) is 27.0 Å². The molecule has 0 fully saturated rings. The molecule has 3 heteroatoms. The molecule has 2 nitrogen and oxygen atoms in total. The zero-order valence-electron chi connectivity index (χ0n) is 8.42. The Morgan fingerprint density at radius 3 is 2.43 bits per heavy atom. The SMILES string of the molecule is CCN(CC)c1ccc(C#N)cc1Br. The van der Waals surface area contributed by atoms with Gasteiger partial charge in [0.15, 0.2) is 0 Å². The third-order valence-electron chi connectivity index (χ3n) is 2.18. The molecule has 1 aromatic rings. The van der Waals surface area contributed by atoms with Gasteiger partial charge in [0, 0.05) is 17.6 Å². The molecule has 1 aromatic carbocycles. The van der Waals surface area contributed by atoms with Crippen molar-refractivity contribution in [2.24, 2.45) is 0 Å². The van der Waals surface area contributed by atoms with Crippen LogP contribution in [0, 0.1) is 11.3 Å². The molecule has 0 bridgehead atoms. The fraction of sp³-hybridized carbons (Fsp3) is 0.364. The maximum absolute atomic E-state index is 8.72. The van der Waals surface area contributed by atoms with Gasteiger partial charge >= 0.3 is 0 Å². The molecule has 0 atom stereocenters. The monoisotopic (exact) mass is 252 g/mol. The molecule has 74 valence electrons. The molecule has 0 spiro atoms. The number of hydrogen-bond acceptors (Lipinski definition) is 2. The zero-order valence-corrected chi connectivity index (χ0v) is 10.0. The highest BCUT2D eigenvalue weighted by atomic mass is 79.9. The van der Waals surface area contributed by atoms with Crippen LogP contribution in [0.5, 0.6) is 0 Å². The van der Waals surface area contributed by atoms with Gasteiger partial charge in [0.2, 0.25) is 0 Å². The summed E-state index contributed by atoms with van der Waals surface area (Å²) in [6.07, 6.45) is 0. The molecule has 0 saturated carbocycles. The Kier molecular flexibility index (Phi) is 3.97. The first-order valence-electron chi connectivity index (χ1n) is 4.67. The van der Waals surface area contributed by atoms with Gasteiger partial charge in [-0.25, -0.2) is 0 Å². The van der Waals surface area contributed by atoms with Crippen LogP contribution in [0.15, 0.2) is 22.7 Å². The maximum atomic E-state index is 8.72. The average molecular weight is 253 g/mol. The summed E-state index contributed by atoms with van der Waals surface area (Å²) in [5.41, 5.74) is 1.83. The molecule has 0 heterocycles. The molecule has 1 rings (SSSR count). The molecular weight excluding hydrogens is 240 g/mol.